The Balaban J connectivity index is 2.66. The van der Waals surface area contributed by atoms with E-state index in [4.69, 9.17) is 5.73 Å². The average Bonchev–Trinajstić information content (AvgIpc) is 2.16. The minimum Gasteiger partial charge on any atom is -0.399 e. The van der Waals surface area contributed by atoms with E-state index in [1.165, 1.54) is 0 Å². The van der Waals surface area contributed by atoms with E-state index >= 15 is 0 Å². The monoisotopic (exact) mass is 288 g/mol. The van der Waals surface area contributed by atoms with E-state index in [2.05, 4.69) is 41.3 Å². The number of rotatable bonds is 4. The van der Waals surface area contributed by atoms with Gasteiger partial charge in [0, 0.05) is 27.1 Å². The van der Waals surface area contributed by atoms with Crippen molar-refractivity contribution in [2.75, 3.05) is 23.9 Å². The predicted molar refractivity (Wildman–Crippen MR) is 74.6 cm³/mol. The first kappa shape index (κ1) is 12.7. The van der Waals surface area contributed by atoms with Crippen molar-refractivity contribution in [2.45, 2.75) is 18.6 Å². The number of halogens is 1. The number of nitrogen functional groups attached to an aromatic ring is 1. The Morgan fingerprint density at radius 1 is 1.47 bits per heavy atom. The molecule has 0 saturated carbocycles. The number of thioether (sulfide) groups is 1. The van der Waals surface area contributed by atoms with Gasteiger partial charge in [-0.3, -0.25) is 0 Å². The fourth-order valence-corrected chi connectivity index (χ4v) is 1.81. The summed E-state index contributed by atoms with van der Waals surface area (Å²) in [7, 11) is 0. The van der Waals surface area contributed by atoms with Crippen LogP contribution in [0.15, 0.2) is 22.7 Å². The van der Waals surface area contributed by atoms with Crippen LogP contribution in [0.1, 0.15) is 13.8 Å². The summed E-state index contributed by atoms with van der Waals surface area (Å²) in [5.74, 6) is 0. The Kier molecular flexibility index (Phi) is 4.34. The Hall–Kier alpha value is -0.350. The number of hydrogen-bond acceptors (Lipinski definition) is 3. The molecule has 0 aliphatic rings. The van der Waals surface area contributed by atoms with Crippen LogP contribution in [0.25, 0.3) is 0 Å². The van der Waals surface area contributed by atoms with Gasteiger partial charge in [0.15, 0.2) is 0 Å². The maximum atomic E-state index is 5.67. The molecule has 0 bridgehead atoms. The second-order valence-electron chi connectivity index (χ2n) is 4.06. The molecule has 0 heterocycles. The first-order chi connectivity index (χ1) is 6.94. The lowest BCUT2D eigenvalue weighted by Crippen LogP contribution is -2.25. The standard InChI is InChI=1S/C11H17BrN2S/c1-11(2,15-3)7-14-10-5-4-8(13)6-9(10)12/h4-6,14H,7,13H2,1-3H3. The molecular weight excluding hydrogens is 272 g/mol. The topological polar surface area (TPSA) is 38.0 Å². The summed E-state index contributed by atoms with van der Waals surface area (Å²) < 4.78 is 1.25. The Bertz CT molecular complexity index is 339. The smallest absolute Gasteiger partial charge is 0.0486 e. The SMILES string of the molecule is CSC(C)(C)CNc1ccc(N)cc1Br. The van der Waals surface area contributed by atoms with E-state index in [-0.39, 0.29) is 4.75 Å². The highest BCUT2D eigenvalue weighted by atomic mass is 79.9. The zero-order valence-electron chi connectivity index (χ0n) is 9.30. The van der Waals surface area contributed by atoms with E-state index in [1.54, 1.807) is 0 Å². The van der Waals surface area contributed by atoms with Gasteiger partial charge in [0.05, 0.1) is 0 Å². The third-order valence-corrected chi connectivity index (χ3v) is 4.16. The third-order valence-electron chi connectivity index (χ3n) is 2.25. The largest absolute Gasteiger partial charge is 0.399 e. The maximum Gasteiger partial charge on any atom is 0.0486 e. The van der Waals surface area contributed by atoms with Crippen molar-refractivity contribution < 1.29 is 0 Å². The van der Waals surface area contributed by atoms with Gasteiger partial charge in [-0.1, -0.05) is 0 Å². The van der Waals surface area contributed by atoms with Crippen LogP contribution in [0.5, 0.6) is 0 Å². The molecule has 0 aromatic heterocycles. The quantitative estimate of drug-likeness (QED) is 0.832. The van der Waals surface area contributed by atoms with Crippen molar-refractivity contribution in [3.63, 3.8) is 0 Å². The van der Waals surface area contributed by atoms with Gasteiger partial charge >= 0.3 is 0 Å². The molecule has 0 radical (unpaired) electrons. The summed E-state index contributed by atoms with van der Waals surface area (Å²) in [5.41, 5.74) is 7.54. The number of nitrogens with one attached hydrogen (secondary N) is 1. The van der Waals surface area contributed by atoms with Crippen molar-refractivity contribution in [1.82, 2.24) is 0 Å². The zero-order valence-corrected chi connectivity index (χ0v) is 11.7. The van der Waals surface area contributed by atoms with Crippen LogP contribution in [0.2, 0.25) is 0 Å². The average molecular weight is 289 g/mol. The van der Waals surface area contributed by atoms with Crippen molar-refractivity contribution in [1.29, 1.82) is 0 Å². The molecule has 1 aromatic carbocycles. The summed E-state index contributed by atoms with van der Waals surface area (Å²) in [6.07, 6.45) is 2.12. The van der Waals surface area contributed by atoms with Gasteiger partial charge in [-0.15, -0.1) is 0 Å². The first-order valence-corrected chi connectivity index (χ1v) is 6.80. The summed E-state index contributed by atoms with van der Waals surface area (Å²) in [6, 6.07) is 5.81. The molecule has 0 atom stereocenters. The molecule has 0 saturated heterocycles. The van der Waals surface area contributed by atoms with Crippen molar-refractivity contribution in [3.8, 4) is 0 Å². The number of anilines is 2. The van der Waals surface area contributed by atoms with Crippen LogP contribution in [0.4, 0.5) is 11.4 Å². The highest BCUT2D eigenvalue weighted by molar-refractivity contribution is 9.10. The summed E-state index contributed by atoms with van der Waals surface area (Å²) in [5, 5.41) is 3.41. The van der Waals surface area contributed by atoms with Gasteiger partial charge in [0.1, 0.15) is 0 Å². The highest BCUT2D eigenvalue weighted by Crippen LogP contribution is 2.27. The Labute approximate surface area is 104 Å². The molecule has 0 aliphatic carbocycles. The molecule has 4 heteroatoms. The van der Waals surface area contributed by atoms with Gasteiger partial charge in [0.25, 0.3) is 0 Å². The predicted octanol–water partition coefficient (Wildman–Crippen LogP) is 3.58. The van der Waals surface area contributed by atoms with E-state index < -0.39 is 0 Å². The molecule has 2 nitrogen and oxygen atoms in total. The van der Waals surface area contributed by atoms with Crippen LogP contribution in [-0.2, 0) is 0 Å². The van der Waals surface area contributed by atoms with Crippen molar-refractivity contribution >= 4 is 39.1 Å². The van der Waals surface area contributed by atoms with Gasteiger partial charge in [-0.05, 0) is 54.2 Å². The number of hydrogen-bond donors (Lipinski definition) is 2. The van der Waals surface area contributed by atoms with Gasteiger partial charge < -0.3 is 11.1 Å². The fraction of sp³-hybridized carbons (Fsp3) is 0.455. The number of benzene rings is 1. The summed E-state index contributed by atoms with van der Waals surface area (Å²) in [4.78, 5) is 0. The number of nitrogens with two attached hydrogens (primary N) is 1. The molecular formula is C11H17BrN2S. The normalized spacial score (nSPS) is 11.5. The molecule has 0 spiro atoms. The second-order valence-corrected chi connectivity index (χ2v) is 6.42. The fourth-order valence-electron chi connectivity index (χ4n) is 1.05. The Morgan fingerprint density at radius 3 is 2.67 bits per heavy atom. The minimum atomic E-state index is 0.237. The van der Waals surface area contributed by atoms with Crippen molar-refractivity contribution in [3.05, 3.63) is 22.7 Å². The molecule has 15 heavy (non-hydrogen) atoms. The lowest BCUT2D eigenvalue weighted by atomic mass is 10.2. The van der Waals surface area contributed by atoms with E-state index in [0.717, 1.165) is 22.4 Å². The van der Waals surface area contributed by atoms with Crippen LogP contribution in [0.3, 0.4) is 0 Å². The highest BCUT2D eigenvalue weighted by Gasteiger charge is 2.15. The maximum absolute atomic E-state index is 5.67. The molecule has 1 aromatic rings. The van der Waals surface area contributed by atoms with Crippen LogP contribution in [-0.4, -0.2) is 17.5 Å². The van der Waals surface area contributed by atoms with Gasteiger partial charge in [0.2, 0.25) is 0 Å². The lowest BCUT2D eigenvalue weighted by Gasteiger charge is -2.23. The lowest BCUT2D eigenvalue weighted by molar-refractivity contribution is 0.752. The summed E-state index contributed by atoms with van der Waals surface area (Å²) in [6.45, 7) is 5.36. The van der Waals surface area contributed by atoms with Gasteiger partial charge in [-0.25, -0.2) is 0 Å². The molecule has 3 N–H and O–H groups in total. The van der Waals surface area contributed by atoms with E-state index in [9.17, 15) is 0 Å². The van der Waals surface area contributed by atoms with Crippen LogP contribution >= 0.6 is 27.7 Å². The first-order valence-electron chi connectivity index (χ1n) is 4.79. The zero-order chi connectivity index (χ0) is 11.5. The van der Waals surface area contributed by atoms with Crippen LogP contribution < -0.4 is 11.1 Å². The molecule has 0 aliphatic heterocycles. The molecule has 84 valence electrons. The van der Waals surface area contributed by atoms with Crippen LogP contribution in [0, 0.1) is 0 Å². The molecule has 0 unspecified atom stereocenters. The molecule has 1 rings (SSSR count). The summed E-state index contributed by atoms with van der Waals surface area (Å²) >= 11 is 5.34. The third kappa shape index (κ3) is 3.95. The molecule has 0 amide bonds. The second kappa shape index (κ2) is 5.12. The van der Waals surface area contributed by atoms with E-state index in [0.29, 0.717) is 0 Å². The Morgan fingerprint density at radius 2 is 2.13 bits per heavy atom. The van der Waals surface area contributed by atoms with Crippen molar-refractivity contribution in [2.24, 2.45) is 0 Å². The van der Waals surface area contributed by atoms with E-state index in [1.807, 2.05) is 30.0 Å². The van der Waals surface area contributed by atoms with Gasteiger partial charge in [-0.2, -0.15) is 11.8 Å². The minimum absolute atomic E-state index is 0.237. The molecule has 0 fully saturated rings.